The Bertz CT molecular complexity index is 342. The Morgan fingerprint density at radius 1 is 1.42 bits per heavy atom. The molecule has 0 saturated heterocycles. The van der Waals surface area contributed by atoms with Crippen LogP contribution in [0.5, 0.6) is 5.75 Å². The van der Waals surface area contributed by atoms with E-state index in [1.807, 2.05) is 25.1 Å². The van der Waals surface area contributed by atoms with E-state index in [1.165, 1.54) is 11.1 Å². The molecule has 0 amide bonds. The zero-order chi connectivity index (χ0) is 8.55. The number of halogens is 1. The second-order valence-corrected chi connectivity index (χ2v) is 3.45. The molecule has 62 valence electrons. The van der Waals surface area contributed by atoms with Crippen LogP contribution in [0.4, 0.5) is 0 Å². The number of benzene rings is 1. The topological polar surface area (TPSA) is 9.23 Å². The number of hydrogen-bond donors (Lipinski definition) is 0. The SMILES string of the molecule is CC1=COc2ccc(Cl)cc2C1. The van der Waals surface area contributed by atoms with Crippen LogP contribution in [0.1, 0.15) is 12.5 Å². The molecule has 0 bridgehead atoms. The smallest absolute Gasteiger partial charge is 0.130 e. The fourth-order valence-electron chi connectivity index (χ4n) is 1.31. The van der Waals surface area contributed by atoms with Crippen molar-refractivity contribution in [1.29, 1.82) is 0 Å². The zero-order valence-electron chi connectivity index (χ0n) is 6.80. The van der Waals surface area contributed by atoms with Crippen LogP contribution < -0.4 is 4.74 Å². The zero-order valence-corrected chi connectivity index (χ0v) is 7.56. The summed E-state index contributed by atoms with van der Waals surface area (Å²) in [6, 6.07) is 5.70. The van der Waals surface area contributed by atoms with Crippen molar-refractivity contribution in [2.75, 3.05) is 0 Å². The molecule has 0 saturated carbocycles. The standard InChI is InChI=1S/C10H9ClO/c1-7-4-8-5-9(11)2-3-10(8)12-6-7/h2-3,5-6H,4H2,1H3. The van der Waals surface area contributed by atoms with E-state index in [0.29, 0.717) is 0 Å². The number of allylic oxidation sites excluding steroid dienone is 1. The molecule has 2 heteroatoms. The largest absolute Gasteiger partial charge is 0.465 e. The van der Waals surface area contributed by atoms with Crippen LogP contribution in [0.15, 0.2) is 30.0 Å². The van der Waals surface area contributed by atoms with Gasteiger partial charge in [-0.25, -0.2) is 0 Å². The lowest BCUT2D eigenvalue weighted by Gasteiger charge is -2.14. The first-order chi connectivity index (χ1) is 5.75. The van der Waals surface area contributed by atoms with Crippen molar-refractivity contribution in [2.24, 2.45) is 0 Å². The van der Waals surface area contributed by atoms with Crippen LogP contribution in [-0.4, -0.2) is 0 Å². The molecule has 0 unspecified atom stereocenters. The van der Waals surface area contributed by atoms with Gasteiger partial charge in [-0.1, -0.05) is 11.6 Å². The molecule has 1 aliphatic rings. The normalized spacial score (nSPS) is 14.7. The molecule has 1 nitrogen and oxygen atoms in total. The second kappa shape index (κ2) is 2.83. The predicted molar refractivity (Wildman–Crippen MR) is 49.5 cm³/mol. The van der Waals surface area contributed by atoms with Crippen LogP contribution in [0.25, 0.3) is 0 Å². The molecule has 1 aromatic carbocycles. The summed E-state index contributed by atoms with van der Waals surface area (Å²) in [5.41, 5.74) is 2.40. The molecule has 0 radical (unpaired) electrons. The van der Waals surface area contributed by atoms with Crippen molar-refractivity contribution in [3.05, 3.63) is 40.6 Å². The van der Waals surface area contributed by atoms with Gasteiger partial charge in [0.15, 0.2) is 0 Å². The first kappa shape index (κ1) is 7.69. The molecule has 12 heavy (non-hydrogen) atoms. The highest BCUT2D eigenvalue weighted by Gasteiger charge is 2.09. The highest BCUT2D eigenvalue weighted by atomic mass is 35.5. The maximum absolute atomic E-state index is 5.85. The van der Waals surface area contributed by atoms with Gasteiger partial charge >= 0.3 is 0 Å². The van der Waals surface area contributed by atoms with Gasteiger partial charge < -0.3 is 4.74 Å². The van der Waals surface area contributed by atoms with Crippen molar-refractivity contribution < 1.29 is 4.74 Å². The summed E-state index contributed by atoms with van der Waals surface area (Å²) in [5.74, 6) is 0.921. The maximum Gasteiger partial charge on any atom is 0.130 e. The lowest BCUT2D eigenvalue weighted by molar-refractivity contribution is 0.457. The molecule has 1 aliphatic heterocycles. The highest BCUT2D eigenvalue weighted by molar-refractivity contribution is 6.30. The first-order valence-corrected chi connectivity index (χ1v) is 4.24. The summed E-state index contributed by atoms with van der Waals surface area (Å²) in [6.07, 6.45) is 2.73. The third kappa shape index (κ3) is 1.32. The summed E-state index contributed by atoms with van der Waals surface area (Å²) in [5, 5.41) is 0.770. The lowest BCUT2D eigenvalue weighted by Crippen LogP contribution is -2.00. The predicted octanol–water partition coefficient (Wildman–Crippen LogP) is 3.18. The summed E-state index contributed by atoms with van der Waals surface area (Å²) < 4.78 is 5.37. The Labute approximate surface area is 76.6 Å². The van der Waals surface area contributed by atoms with Crippen molar-refractivity contribution in [1.82, 2.24) is 0 Å². The van der Waals surface area contributed by atoms with Gasteiger partial charge in [0, 0.05) is 17.0 Å². The van der Waals surface area contributed by atoms with Gasteiger partial charge in [0.2, 0.25) is 0 Å². The highest BCUT2D eigenvalue weighted by Crippen LogP contribution is 2.28. The van der Waals surface area contributed by atoms with Crippen molar-refractivity contribution in [3.63, 3.8) is 0 Å². The van der Waals surface area contributed by atoms with E-state index < -0.39 is 0 Å². The number of rotatable bonds is 0. The Morgan fingerprint density at radius 3 is 3.08 bits per heavy atom. The molecule has 0 fully saturated rings. The fourth-order valence-corrected chi connectivity index (χ4v) is 1.50. The number of hydrogen-bond acceptors (Lipinski definition) is 1. The third-order valence-electron chi connectivity index (χ3n) is 1.88. The average Bonchev–Trinajstić information content (AvgIpc) is 2.03. The Balaban J connectivity index is 2.43. The molecule has 1 heterocycles. The second-order valence-electron chi connectivity index (χ2n) is 3.01. The van der Waals surface area contributed by atoms with Crippen LogP contribution >= 0.6 is 11.6 Å². The van der Waals surface area contributed by atoms with E-state index in [1.54, 1.807) is 6.26 Å². The maximum atomic E-state index is 5.85. The van der Waals surface area contributed by atoms with E-state index in [4.69, 9.17) is 16.3 Å². The van der Waals surface area contributed by atoms with Gasteiger partial charge in [-0.3, -0.25) is 0 Å². The van der Waals surface area contributed by atoms with Crippen molar-refractivity contribution in [3.8, 4) is 5.75 Å². The summed E-state index contributed by atoms with van der Waals surface area (Å²) in [7, 11) is 0. The molecule has 0 aliphatic carbocycles. The van der Waals surface area contributed by atoms with Gasteiger partial charge in [-0.2, -0.15) is 0 Å². The van der Waals surface area contributed by atoms with Gasteiger partial charge in [-0.15, -0.1) is 0 Å². The molecule has 0 aromatic heterocycles. The third-order valence-corrected chi connectivity index (χ3v) is 2.11. The van der Waals surface area contributed by atoms with Crippen molar-refractivity contribution >= 4 is 11.6 Å². The molecular formula is C10H9ClO. The minimum absolute atomic E-state index is 0.770. The molecule has 1 aromatic rings. The van der Waals surface area contributed by atoms with Crippen LogP contribution in [0.3, 0.4) is 0 Å². The summed E-state index contributed by atoms with van der Waals surface area (Å²) in [6.45, 7) is 2.05. The summed E-state index contributed by atoms with van der Waals surface area (Å²) in [4.78, 5) is 0. The van der Waals surface area contributed by atoms with Gasteiger partial charge in [0.05, 0.1) is 6.26 Å². The first-order valence-electron chi connectivity index (χ1n) is 3.86. The average molecular weight is 181 g/mol. The molecule has 0 N–H and O–H groups in total. The molecule has 0 atom stereocenters. The van der Waals surface area contributed by atoms with E-state index in [9.17, 15) is 0 Å². The number of fused-ring (bicyclic) bond motifs is 1. The van der Waals surface area contributed by atoms with E-state index in [2.05, 4.69) is 0 Å². The van der Waals surface area contributed by atoms with Crippen molar-refractivity contribution in [2.45, 2.75) is 13.3 Å². The van der Waals surface area contributed by atoms with Crippen LogP contribution in [-0.2, 0) is 6.42 Å². The Hall–Kier alpha value is -0.950. The van der Waals surface area contributed by atoms with Gasteiger partial charge in [-0.05, 0) is 30.7 Å². The molecule has 2 rings (SSSR count). The minimum Gasteiger partial charge on any atom is -0.465 e. The van der Waals surface area contributed by atoms with Gasteiger partial charge in [0.25, 0.3) is 0 Å². The lowest BCUT2D eigenvalue weighted by atomic mass is 10.0. The Morgan fingerprint density at radius 2 is 2.25 bits per heavy atom. The monoisotopic (exact) mass is 180 g/mol. The Kier molecular flexibility index (Phi) is 1.81. The van der Waals surface area contributed by atoms with E-state index >= 15 is 0 Å². The molecule has 0 spiro atoms. The fraction of sp³-hybridized carbons (Fsp3) is 0.200. The number of ether oxygens (including phenoxy) is 1. The van der Waals surface area contributed by atoms with Gasteiger partial charge in [0.1, 0.15) is 5.75 Å². The quantitative estimate of drug-likeness (QED) is 0.596. The van der Waals surface area contributed by atoms with Crippen LogP contribution in [0, 0.1) is 0 Å². The minimum atomic E-state index is 0.770. The summed E-state index contributed by atoms with van der Waals surface area (Å²) >= 11 is 5.85. The van der Waals surface area contributed by atoms with E-state index in [-0.39, 0.29) is 0 Å². The van der Waals surface area contributed by atoms with E-state index in [0.717, 1.165) is 17.2 Å². The molecular weight excluding hydrogens is 172 g/mol. The van der Waals surface area contributed by atoms with Crippen LogP contribution in [0.2, 0.25) is 5.02 Å².